The summed E-state index contributed by atoms with van der Waals surface area (Å²) in [7, 11) is 0. The second-order valence-electron chi connectivity index (χ2n) is 4.56. The number of phenolic OH excluding ortho intramolecular Hbond substituents is 1. The first-order chi connectivity index (χ1) is 10.1. The van der Waals surface area contributed by atoms with Crippen LogP contribution in [0.25, 0.3) is 11.8 Å². The van der Waals surface area contributed by atoms with E-state index in [9.17, 15) is 9.90 Å². The molecule has 0 bridgehead atoms. The van der Waals surface area contributed by atoms with E-state index >= 15 is 0 Å². The number of primary amides is 1. The van der Waals surface area contributed by atoms with Crippen LogP contribution in [0.5, 0.6) is 5.75 Å². The number of carbonyl (C=O) groups is 1. The van der Waals surface area contributed by atoms with Crippen molar-refractivity contribution < 1.29 is 31.4 Å². The highest BCUT2D eigenvalue weighted by atomic mass is 79.9. The minimum atomic E-state index is -0.618. The van der Waals surface area contributed by atoms with Crippen LogP contribution in [0.3, 0.4) is 0 Å². The molecule has 1 aromatic carbocycles. The molecule has 4 N–H and O–H groups in total. The van der Waals surface area contributed by atoms with Crippen molar-refractivity contribution in [2.45, 2.75) is 13.5 Å². The first-order valence-electron chi connectivity index (χ1n) is 6.65. The van der Waals surface area contributed by atoms with E-state index in [4.69, 9.17) is 5.73 Å². The summed E-state index contributed by atoms with van der Waals surface area (Å²) in [5, 5.41) is 11.9. The second kappa shape index (κ2) is 8.19. The molecule has 5 nitrogen and oxygen atoms in total. The summed E-state index contributed by atoms with van der Waals surface area (Å²) in [6.45, 7) is 2.93. The van der Waals surface area contributed by atoms with Gasteiger partial charge in [0.05, 0.1) is 5.70 Å². The van der Waals surface area contributed by atoms with Gasteiger partial charge in [-0.2, -0.15) is 0 Å². The number of aromatic hydroxyl groups is 1. The number of urea groups is 1. The van der Waals surface area contributed by atoms with E-state index < -0.39 is 6.03 Å². The van der Waals surface area contributed by atoms with Gasteiger partial charge < -0.3 is 33.1 Å². The van der Waals surface area contributed by atoms with Crippen molar-refractivity contribution in [1.29, 1.82) is 0 Å². The van der Waals surface area contributed by atoms with Crippen molar-refractivity contribution in [2.24, 2.45) is 5.73 Å². The maximum Gasteiger partial charge on any atom is 0.316 e. The maximum atomic E-state index is 11.2. The van der Waals surface area contributed by atoms with Gasteiger partial charge in [0.15, 0.2) is 12.4 Å². The fourth-order valence-electron chi connectivity index (χ4n) is 1.91. The topological polar surface area (TPSA) is 79.2 Å². The Morgan fingerprint density at radius 2 is 1.82 bits per heavy atom. The number of hydrogen-bond donors (Lipinski definition) is 3. The third-order valence-electron chi connectivity index (χ3n) is 3.03. The lowest BCUT2D eigenvalue weighted by atomic mass is 10.1. The third-order valence-corrected chi connectivity index (χ3v) is 3.03. The van der Waals surface area contributed by atoms with Crippen molar-refractivity contribution in [3.8, 4) is 5.75 Å². The number of pyridine rings is 1. The number of rotatable bonds is 4. The Balaban J connectivity index is 0.00000242. The van der Waals surface area contributed by atoms with Crippen molar-refractivity contribution in [2.75, 3.05) is 0 Å². The molecular formula is C16H18BrN3O2. The number of aryl methyl sites for hydroxylation is 1. The van der Waals surface area contributed by atoms with Gasteiger partial charge in [0, 0.05) is 17.7 Å². The van der Waals surface area contributed by atoms with Crippen LogP contribution in [0.1, 0.15) is 18.1 Å². The highest BCUT2D eigenvalue weighted by molar-refractivity contribution is 5.90. The minimum absolute atomic E-state index is 0. The summed E-state index contributed by atoms with van der Waals surface area (Å²) in [5.74, 6) is 0.195. The van der Waals surface area contributed by atoms with Crippen LogP contribution in [-0.4, -0.2) is 11.1 Å². The van der Waals surface area contributed by atoms with Gasteiger partial charge in [0.25, 0.3) is 0 Å². The third kappa shape index (κ3) is 4.89. The molecule has 6 heteroatoms. The quantitative estimate of drug-likeness (QED) is 0.601. The van der Waals surface area contributed by atoms with Crippen LogP contribution < -0.4 is 32.6 Å². The summed E-state index contributed by atoms with van der Waals surface area (Å²) in [6, 6.07) is 9.89. The number of nitrogens with one attached hydrogen (secondary N) is 1. The number of phenols is 1. The van der Waals surface area contributed by atoms with E-state index in [0.717, 1.165) is 17.7 Å². The zero-order chi connectivity index (χ0) is 15.2. The zero-order valence-electron chi connectivity index (χ0n) is 12.2. The molecule has 0 unspecified atom stereocenters. The fourth-order valence-corrected chi connectivity index (χ4v) is 1.91. The number of benzene rings is 1. The molecule has 22 heavy (non-hydrogen) atoms. The number of nitrogens with zero attached hydrogens (tertiary/aromatic N) is 1. The predicted molar refractivity (Wildman–Crippen MR) is 81.0 cm³/mol. The minimum Gasteiger partial charge on any atom is -1.00 e. The number of halogens is 1. The normalized spacial score (nSPS) is 10.7. The molecule has 1 heterocycles. The summed E-state index contributed by atoms with van der Waals surface area (Å²) < 4.78 is 2.02. The van der Waals surface area contributed by atoms with Gasteiger partial charge in [0.1, 0.15) is 12.3 Å². The van der Waals surface area contributed by atoms with E-state index in [1.807, 2.05) is 29.1 Å². The van der Waals surface area contributed by atoms with Gasteiger partial charge in [-0.1, -0.05) is 12.1 Å². The summed E-state index contributed by atoms with van der Waals surface area (Å²) >= 11 is 0. The SMILES string of the molecule is CC[n+]1ccc(/C(=C/c2ccc(O)cc2)NC(N)=O)cc1.[Br-]. The lowest BCUT2D eigenvalue weighted by Crippen LogP contribution is -3.00. The largest absolute Gasteiger partial charge is 1.00 e. The standard InChI is InChI=1S/C16H17N3O2.BrH/c1-2-19-9-7-13(8-10-19)15(18-16(17)21)11-12-3-5-14(20)6-4-12;/h3-11H,2H2,1H3,(H3,17,18,21);1H. The van der Waals surface area contributed by atoms with Gasteiger partial charge in [-0.25, -0.2) is 9.36 Å². The smallest absolute Gasteiger partial charge is 0.316 e. The maximum absolute atomic E-state index is 11.2. The van der Waals surface area contributed by atoms with Crippen LogP contribution in [0.15, 0.2) is 48.8 Å². The molecule has 0 saturated heterocycles. The van der Waals surface area contributed by atoms with E-state index in [0.29, 0.717) is 5.70 Å². The highest BCUT2D eigenvalue weighted by Crippen LogP contribution is 2.17. The summed E-state index contributed by atoms with van der Waals surface area (Å²) in [5.41, 5.74) is 7.54. The van der Waals surface area contributed by atoms with Crippen molar-refractivity contribution in [1.82, 2.24) is 5.32 Å². The molecule has 116 valence electrons. The Morgan fingerprint density at radius 1 is 1.23 bits per heavy atom. The number of hydrogen-bond acceptors (Lipinski definition) is 2. The number of nitrogens with two attached hydrogens (primary N) is 1. The highest BCUT2D eigenvalue weighted by Gasteiger charge is 2.07. The molecule has 0 aliphatic carbocycles. The molecule has 0 spiro atoms. The Hall–Kier alpha value is -2.34. The number of aromatic nitrogens is 1. The van der Waals surface area contributed by atoms with Crippen molar-refractivity contribution >= 4 is 17.8 Å². The predicted octanol–water partition coefficient (Wildman–Crippen LogP) is -1.13. The molecule has 0 aliphatic heterocycles. The Morgan fingerprint density at radius 3 is 2.32 bits per heavy atom. The second-order valence-corrected chi connectivity index (χ2v) is 4.56. The molecule has 1 aromatic heterocycles. The van der Waals surface area contributed by atoms with Crippen LogP contribution >= 0.6 is 0 Å². The molecule has 2 rings (SSSR count). The molecule has 0 atom stereocenters. The lowest BCUT2D eigenvalue weighted by Gasteiger charge is -2.08. The van der Waals surface area contributed by atoms with Gasteiger partial charge >= 0.3 is 6.03 Å². The molecule has 0 aliphatic rings. The molecule has 0 radical (unpaired) electrons. The molecule has 0 fully saturated rings. The van der Waals surface area contributed by atoms with E-state index in [-0.39, 0.29) is 22.7 Å². The summed E-state index contributed by atoms with van der Waals surface area (Å²) in [4.78, 5) is 11.2. The van der Waals surface area contributed by atoms with E-state index in [2.05, 4.69) is 12.2 Å². The fraction of sp³-hybridized carbons (Fsp3) is 0.125. The lowest BCUT2D eigenvalue weighted by molar-refractivity contribution is -0.693. The zero-order valence-corrected chi connectivity index (χ0v) is 13.7. The number of carbonyl (C=O) groups excluding carboxylic acids is 1. The van der Waals surface area contributed by atoms with Crippen LogP contribution in [0.4, 0.5) is 4.79 Å². The van der Waals surface area contributed by atoms with Gasteiger partial charge in [0.2, 0.25) is 0 Å². The first kappa shape index (κ1) is 17.7. The van der Waals surface area contributed by atoms with Crippen molar-refractivity contribution in [3.05, 3.63) is 59.9 Å². The van der Waals surface area contributed by atoms with Crippen LogP contribution in [0.2, 0.25) is 0 Å². The van der Waals surface area contributed by atoms with Gasteiger partial charge in [-0.15, -0.1) is 0 Å². The van der Waals surface area contributed by atoms with Gasteiger partial charge in [-0.3, -0.25) is 0 Å². The first-order valence-corrected chi connectivity index (χ1v) is 6.65. The van der Waals surface area contributed by atoms with Gasteiger partial charge in [-0.05, 0) is 30.7 Å². The van der Waals surface area contributed by atoms with E-state index in [1.165, 1.54) is 0 Å². The molecule has 0 saturated carbocycles. The monoisotopic (exact) mass is 363 g/mol. The molecule has 2 aromatic rings. The summed E-state index contributed by atoms with van der Waals surface area (Å²) in [6.07, 6.45) is 5.67. The Labute approximate surface area is 139 Å². The Bertz CT molecular complexity index is 652. The average molecular weight is 364 g/mol. The van der Waals surface area contributed by atoms with Crippen LogP contribution in [0, 0.1) is 0 Å². The number of amides is 2. The van der Waals surface area contributed by atoms with E-state index in [1.54, 1.807) is 30.3 Å². The Kier molecular flexibility index (Phi) is 6.59. The average Bonchev–Trinajstić information content (AvgIpc) is 2.48. The van der Waals surface area contributed by atoms with Crippen LogP contribution in [-0.2, 0) is 6.54 Å². The molecular weight excluding hydrogens is 346 g/mol. The van der Waals surface area contributed by atoms with Crippen molar-refractivity contribution in [3.63, 3.8) is 0 Å². The molecule has 2 amide bonds.